The zero-order chi connectivity index (χ0) is 14.2. The van der Waals surface area contributed by atoms with Crippen molar-refractivity contribution in [2.24, 2.45) is 5.92 Å². The number of hydrogen-bond donors (Lipinski definition) is 0. The lowest BCUT2D eigenvalue weighted by Gasteiger charge is -2.27. The van der Waals surface area contributed by atoms with Crippen molar-refractivity contribution >= 4 is 0 Å². The van der Waals surface area contributed by atoms with E-state index >= 15 is 0 Å². The average molecular weight is 272 g/mol. The van der Waals surface area contributed by atoms with Gasteiger partial charge in [-0.15, -0.1) is 0 Å². The molecule has 2 rings (SSSR count). The van der Waals surface area contributed by atoms with Gasteiger partial charge in [-0.3, -0.25) is 0 Å². The zero-order valence-electron chi connectivity index (χ0n) is 13.0. The largest absolute Gasteiger partial charge is 0.377 e. The molecule has 1 nitrogen and oxygen atoms in total. The maximum absolute atomic E-state index is 5.45. The Labute approximate surface area is 124 Å². The fraction of sp³-hybridized carbons (Fsp3) is 0.579. The number of benzene rings is 1. The van der Waals surface area contributed by atoms with Crippen LogP contribution in [0.1, 0.15) is 63.0 Å². The summed E-state index contributed by atoms with van der Waals surface area (Å²) < 4.78 is 5.45. The first-order valence-corrected chi connectivity index (χ1v) is 8.16. The first-order chi connectivity index (χ1) is 9.83. The standard InChI is InChI=1S/C19H28O/c1-3-5-6-16-7-11-18(12-8-16)19-13-9-17(10-14-19)15-20-4-2/h5-6,9-10,13-14,16,18H,3-4,7-8,11-12,15H2,1-2H3. The van der Waals surface area contributed by atoms with Crippen LogP contribution in [0.15, 0.2) is 36.4 Å². The molecule has 1 fully saturated rings. The molecule has 0 saturated heterocycles. The van der Waals surface area contributed by atoms with Gasteiger partial charge in [-0.2, -0.15) is 0 Å². The van der Waals surface area contributed by atoms with Crippen LogP contribution in [0.2, 0.25) is 0 Å². The van der Waals surface area contributed by atoms with Crippen LogP contribution in [0.25, 0.3) is 0 Å². The number of rotatable bonds is 6. The van der Waals surface area contributed by atoms with Gasteiger partial charge >= 0.3 is 0 Å². The highest BCUT2D eigenvalue weighted by atomic mass is 16.5. The van der Waals surface area contributed by atoms with Crippen molar-refractivity contribution in [2.45, 2.75) is 58.5 Å². The summed E-state index contributed by atoms with van der Waals surface area (Å²) in [5, 5.41) is 0. The quantitative estimate of drug-likeness (QED) is 0.624. The zero-order valence-corrected chi connectivity index (χ0v) is 13.0. The molecule has 1 aliphatic carbocycles. The van der Waals surface area contributed by atoms with Crippen LogP contribution in [0.3, 0.4) is 0 Å². The van der Waals surface area contributed by atoms with Gasteiger partial charge in [-0.1, -0.05) is 43.3 Å². The van der Waals surface area contributed by atoms with E-state index in [1.165, 1.54) is 43.2 Å². The molecule has 0 atom stereocenters. The van der Waals surface area contributed by atoms with Gasteiger partial charge in [-0.25, -0.2) is 0 Å². The van der Waals surface area contributed by atoms with Gasteiger partial charge in [0.25, 0.3) is 0 Å². The topological polar surface area (TPSA) is 9.23 Å². The summed E-state index contributed by atoms with van der Waals surface area (Å²) in [7, 11) is 0. The van der Waals surface area contributed by atoms with Crippen LogP contribution in [-0.4, -0.2) is 6.61 Å². The van der Waals surface area contributed by atoms with E-state index in [2.05, 4.69) is 43.3 Å². The Morgan fingerprint density at radius 3 is 2.35 bits per heavy atom. The smallest absolute Gasteiger partial charge is 0.0716 e. The van der Waals surface area contributed by atoms with E-state index < -0.39 is 0 Å². The van der Waals surface area contributed by atoms with E-state index in [1.807, 2.05) is 6.92 Å². The Kier molecular flexibility index (Phi) is 6.32. The molecule has 1 aromatic carbocycles. The SMILES string of the molecule is CCC=CC1CCC(c2ccc(COCC)cc2)CC1. The molecule has 0 N–H and O–H groups in total. The van der Waals surface area contributed by atoms with Gasteiger partial charge in [0.2, 0.25) is 0 Å². The molecular weight excluding hydrogens is 244 g/mol. The first kappa shape index (κ1) is 15.3. The van der Waals surface area contributed by atoms with Gasteiger partial charge in [0.15, 0.2) is 0 Å². The van der Waals surface area contributed by atoms with Crippen LogP contribution in [-0.2, 0) is 11.3 Å². The Bertz CT molecular complexity index is 396. The molecule has 0 aromatic heterocycles. The molecule has 0 radical (unpaired) electrons. The lowest BCUT2D eigenvalue weighted by Crippen LogP contribution is -2.11. The van der Waals surface area contributed by atoms with Crippen molar-refractivity contribution in [3.8, 4) is 0 Å². The Morgan fingerprint density at radius 1 is 1.05 bits per heavy atom. The van der Waals surface area contributed by atoms with E-state index in [-0.39, 0.29) is 0 Å². The second-order valence-corrected chi connectivity index (χ2v) is 5.83. The predicted octanol–water partition coefficient (Wildman–Crippen LogP) is 5.46. The van der Waals surface area contributed by atoms with E-state index in [1.54, 1.807) is 0 Å². The van der Waals surface area contributed by atoms with Crippen LogP contribution in [0.5, 0.6) is 0 Å². The molecule has 0 unspecified atom stereocenters. The van der Waals surface area contributed by atoms with E-state index in [0.717, 1.165) is 25.0 Å². The fourth-order valence-corrected chi connectivity index (χ4v) is 3.08. The monoisotopic (exact) mass is 272 g/mol. The van der Waals surface area contributed by atoms with E-state index in [4.69, 9.17) is 4.74 Å². The summed E-state index contributed by atoms with van der Waals surface area (Å²) in [6, 6.07) is 9.07. The van der Waals surface area contributed by atoms with Crippen molar-refractivity contribution in [3.05, 3.63) is 47.5 Å². The van der Waals surface area contributed by atoms with Crippen molar-refractivity contribution in [1.29, 1.82) is 0 Å². The molecule has 0 aliphatic heterocycles. The van der Waals surface area contributed by atoms with Crippen molar-refractivity contribution < 1.29 is 4.74 Å². The third kappa shape index (κ3) is 4.49. The maximum atomic E-state index is 5.45. The summed E-state index contributed by atoms with van der Waals surface area (Å²) in [6.45, 7) is 5.79. The molecule has 0 spiro atoms. The molecule has 110 valence electrons. The minimum atomic E-state index is 0.741. The lowest BCUT2D eigenvalue weighted by atomic mass is 9.78. The molecule has 1 heteroatoms. The summed E-state index contributed by atoms with van der Waals surface area (Å²) in [6.07, 6.45) is 11.3. The van der Waals surface area contributed by atoms with Crippen LogP contribution in [0, 0.1) is 5.92 Å². The third-order valence-electron chi connectivity index (χ3n) is 4.34. The van der Waals surface area contributed by atoms with Crippen LogP contribution >= 0.6 is 0 Å². The molecule has 1 aromatic rings. The molecule has 20 heavy (non-hydrogen) atoms. The first-order valence-electron chi connectivity index (χ1n) is 8.16. The number of hydrogen-bond acceptors (Lipinski definition) is 1. The minimum absolute atomic E-state index is 0.741. The second-order valence-electron chi connectivity index (χ2n) is 5.83. The van der Waals surface area contributed by atoms with Crippen LogP contribution in [0.4, 0.5) is 0 Å². The highest BCUT2D eigenvalue weighted by molar-refractivity contribution is 5.25. The molecule has 0 amide bonds. The van der Waals surface area contributed by atoms with Crippen molar-refractivity contribution in [3.63, 3.8) is 0 Å². The third-order valence-corrected chi connectivity index (χ3v) is 4.34. The summed E-state index contributed by atoms with van der Waals surface area (Å²) in [4.78, 5) is 0. The molecule has 1 saturated carbocycles. The Hall–Kier alpha value is -1.08. The fourth-order valence-electron chi connectivity index (χ4n) is 3.08. The highest BCUT2D eigenvalue weighted by Crippen LogP contribution is 2.36. The van der Waals surface area contributed by atoms with Gasteiger partial charge in [0.1, 0.15) is 0 Å². The maximum Gasteiger partial charge on any atom is 0.0716 e. The summed E-state index contributed by atoms with van der Waals surface area (Å²) in [5.74, 6) is 1.59. The molecule has 0 bridgehead atoms. The minimum Gasteiger partial charge on any atom is -0.377 e. The van der Waals surface area contributed by atoms with Gasteiger partial charge in [-0.05, 0) is 62.0 Å². The van der Waals surface area contributed by atoms with E-state index in [9.17, 15) is 0 Å². The number of ether oxygens (including phenoxy) is 1. The lowest BCUT2D eigenvalue weighted by molar-refractivity contribution is 0.134. The number of allylic oxidation sites excluding steroid dienone is 2. The molecular formula is C19H28O. The molecule has 0 heterocycles. The Balaban J connectivity index is 1.85. The Morgan fingerprint density at radius 2 is 1.75 bits per heavy atom. The van der Waals surface area contributed by atoms with Gasteiger partial charge < -0.3 is 4.74 Å². The second kappa shape index (κ2) is 8.26. The van der Waals surface area contributed by atoms with Crippen molar-refractivity contribution in [1.82, 2.24) is 0 Å². The summed E-state index contributed by atoms with van der Waals surface area (Å²) in [5.41, 5.74) is 2.80. The molecule has 1 aliphatic rings. The van der Waals surface area contributed by atoms with Crippen LogP contribution < -0.4 is 0 Å². The van der Waals surface area contributed by atoms with Crippen molar-refractivity contribution in [2.75, 3.05) is 6.61 Å². The average Bonchev–Trinajstić information content (AvgIpc) is 2.52. The summed E-state index contributed by atoms with van der Waals surface area (Å²) >= 11 is 0. The normalized spacial score (nSPS) is 23.3. The van der Waals surface area contributed by atoms with E-state index in [0.29, 0.717) is 0 Å². The predicted molar refractivity (Wildman–Crippen MR) is 85.9 cm³/mol. The van der Waals surface area contributed by atoms with Gasteiger partial charge in [0, 0.05) is 6.61 Å². The highest BCUT2D eigenvalue weighted by Gasteiger charge is 2.20. The van der Waals surface area contributed by atoms with Gasteiger partial charge in [0.05, 0.1) is 6.61 Å².